The molecule has 0 radical (unpaired) electrons. The number of ether oxygens (including phenoxy) is 2. The van der Waals surface area contributed by atoms with Crippen LogP contribution in [0.2, 0.25) is 0 Å². The van der Waals surface area contributed by atoms with Gasteiger partial charge in [-0.25, -0.2) is 19.3 Å². The van der Waals surface area contributed by atoms with Crippen LogP contribution in [-0.4, -0.2) is 125 Å². The van der Waals surface area contributed by atoms with Crippen molar-refractivity contribution in [3.8, 4) is 16.9 Å². The third kappa shape index (κ3) is 7.92. The minimum atomic E-state index is -0.979. The molecule has 3 saturated heterocycles. The van der Waals surface area contributed by atoms with Gasteiger partial charge in [0.05, 0.1) is 55.0 Å². The number of imidazole rings is 1. The number of halogens is 1. The lowest BCUT2D eigenvalue weighted by molar-refractivity contribution is -0.150. The van der Waals surface area contributed by atoms with E-state index in [1.807, 2.05) is 47.9 Å². The Morgan fingerprint density at radius 1 is 0.966 bits per heavy atom. The van der Waals surface area contributed by atoms with E-state index in [0.717, 1.165) is 35.8 Å². The molecule has 1 aliphatic carbocycles. The van der Waals surface area contributed by atoms with Crippen LogP contribution in [0.25, 0.3) is 28.1 Å². The van der Waals surface area contributed by atoms with Crippen LogP contribution in [0.3, 0.4) is 0 Å². The summed E-state index contributed by atoms with van der Waals surface area (Å²) in [5.41, 5.74) is 10.9. The number of likely N-dealkylation sites (tertiary alicyclic amines) is 1. The van der Waals surface area contributed by atoms with Gasteiger partial charge in [0.25, 0.3) is 5.91 Å². The number of carbonyl (C=O) groups is 4. The number of nitrogen functional groups attached to an aromatic ring is 1. The van der Waals surface area contributed by atoms with Gasteiger partial charge in [0.2, 0.25) is 17.7 Å². The molecule has 302 valence electrons. The second-order valence-corrected chi connectivity index (χ2v) is 14.6. The summed E-state index contributed by atoms with van der Waals surface area (Å²) < 4.78 is 29.1. The van der Waals surface area contributed by atoms with Gasteiger partial charge < -0.3 is 25.4 Å². The van der Waals surface area contributed by atoms with Crippen molar-refractivity contribution in [1.29, 1.82) is 0 Å². The zero-order valence-corrected chi connectivity index (χ0v) is 32.2. The van der Waals surface area contributed by atoms with Gasteiger partial charge >= 0.3 is 0 Å². The summed E-state index contributed by atoms with van der Waals surface area (Å²) in [7, 11) is 0. The number of nitrogens with one attached hydrogen (secondary N) is 2. The van der Waals surface area contributed by atoms with Gasteiger partial charge in [-0.1, -0.05) is 6.08 Å². The molecule has 16 nitrogen and oxygen atoms in total. The first kappa shape index (κ1) is 38.8. The number of anilines is 2. The van der Waals surface area contributed by atoms with Crippen molar-refractivity contribution in [3.05, 3.63) is 83.7 Å². The third-order valence-corrected chi connectivity index (χ3v) is 10.9. The SMILES string of the molecule is Cc1nc2ccc(-c3ccnc(N)c3)nc2n1-c1ccc(N2CCN(CCOCCOCCNC3=C4C(=O)N(C5CCC(=O)NC5=O)C(=O)C4CC=C3)CC2)c(F)c1. The molecule has 8 rings (SSSR count). The molecule has 2 atom stereocenters. The summed E-state index contributed by atoms with van der Waals surface area (Å²) in [5, 5.41) is 5.43. The van der Waals surface area contributed by atoms with Gasteiger partial charge in [-0.05, 0) is 62.2 Å². The van der Waals surface area contributed by atoms with E-state index in [2.05, 4.69) is 30.4 Å². The Morgan fingerprint density at radius 2 is 1.78 bits per heavy atom. The van der Waals surface area contributed by atoms with E-state index in [9.17, 15) is 19.2 Å². The summed E-state index contributed by atoms with van der Waals surface area (Å²) >= 11 is 0. The van der Waals surface area contributed by atoms with Crippen LogP contribution < -0.4 is 21.3 Å². The van der Waals surface area contributed by atoms with Crippen molar-refractivity contribution < 1.29 is 33.0 Å². The molecular formula is C41H45FN10O6. The molecule has 4 N–H and O–H groups in total. The fourth-order valence-electron chi connectivity index (χ4n) is 8.01. The number of hydrogen-bond acceptors (Lipinski definition) is 13. The van der Waals surface area contributed by atoms with Crippen molar-refractivity contribution in [2.24, 2.45) is 5.92 Å². The average Bonchev–Trinajstić information content (AvgIpc) is 3.68. The lowest BCUT2D eigenvalue weighted by atomic mass is 9.92. The topological polar surface area (TPSA) is 190 Å². The van der Waals surface area contributed by atoms with Crippen molar-refractivity contribution in [1.82, 2.24) is 40.0 Å². The first-order chi connectivity index (χ1) is 28.2. The number of imide groups is 2. The molecule has 3 fully saturated rings. The molecule has 0 bridgehead atoms. The molecular weight excluding hydrogens is 748 g/mol. The Labute approximate surface area is 333 Å². The van der Waals surface area contributed by atoms with Crippen molar-refractivity contribution >= 4 is 46.3 Å². The summed E-state index contributed by atoms with van der Waals surface area (Å²) in [4.78, 5) is 69.3. The van der Waals surface area contributed by atoms with E-state index in [0.29, 0.717) is 97.9 Å². The minimum Gasteiger partial charge on any atom is -0.384 e. The van der Waals surface area contributed by atoms with E-state index < -0.39 is 35.6 Å². The maximum absolute atomic E-state index is 15.7. The number of aryl methyl sites for hydroxylation is 1. The normalized spacial score (nSPS) is 20.0. The lowest BCUT2D eigenvalue weighted by Crippen LogP contribution is -2.54. The van der Waals surface area contributed by atoms with Crippen LogP contribution in [0, 0.1) is 18.7 Å². The molecule has 0 spiro atoms. The molecule has 4 aliphatic rings. The number of nitrogens with two attached hydrogens (primary N) is 1. The fraction of sp³-hybridized carbons (Fsp3) is 0.390. The third-order valence-electron chi connectivity index (χ3n) is 10.9. The maximum atomic E-state index is 15.7. The summed E-state index contributed by atoms with van der Waals surface area (Å²) in [6, 6.07) is 11.7. The van der Waals surface area contributed by atoms with Crippen LogP contribution in [-0.2, 0) is 28.7 Å². The van der Waals surface area contributed by atoms with Gasteiger partial charge in [0.1, 0.15) is 29.0 Å². The number of carbonyl (C=O) groups excluding carboxylic acids is 4. The largest absolute Gasteiger partial charge is 0.384 e. The first-order valence-electron chi connectivity index (χ1n) is 19.5. The van der Waals surface area contributed by atoms with Crippen molar-refractivity contribution in [2.45, 2.75) is 32.2 Å². The van der Waals surface area contributed by atoms with E-state index in [1.165, 1.54) is 0 Å². The molecule has 1 aromatic carbocycles. The number of nitrogens with zero attached hydrogens (tertiary/aromatic N) is 7. The number of fused-ring (bicyclic) bond motifs is 2. The first-order valence-corrected chi connectivity index (χ1v) is 19.5. The molecule has 4 aromatic rings. The number of rotatable bonds is 14. The van der Waals surface area contributed by atoms with Gasteiger partial charge in [-0.2, -0.15) is 0 Å². The Balaban J connectivity index is 0.752. The highest BCUT2D eigenvalue weighted by atomic mass is 19.1. The number of hydrogen-bond donors (Lipinski definition) is 3. The fourth-order valence-corrected chi connectivity index (χ4v) is 8.01. The summed E-state index contributed by atoms with van der Waals surface area (Å²) in [6.45, 7) is 7.65. The molecule has 4 amide bonds. The van der Waals surface area contributed by atoms with Crippen LogP contribution in [0.1, 0.15) is 25.1 Å². The van der Waals surface area contributed by atoms with Gasteiger partial charge in [-0.3, -0.25) is 38.9 Å². The minimum absolute atomic E-state index is 0.0798. The number of pyridine rings is 2. The number of benzene rings is 1. The Bertz CT molecular complexity index is 2320. The number of piperidine rings is 1. The van der Waals surface area contributed by atoms with E-state index in [4.69, 9.17) is 20.2 Å². The van der Waals surface area contributed by atoms with Gasteiger partial charge in [0, 0.05) is 69.2 Å². The Kier molecular flexibility index (Phi) is 11.3. The summed E-state index contributed by atoms with van der Waals surface area (Å²) in [5.74, 6) is -1.78. The zero-order chi connectivity index (χ0) is 40.3. The van der Waals surface area contributed by atoms with Gasteiger partial charge in [0.15, 0.2) is 5.65 Å². The van der Waals surface area contributed by atoms with Crippen LogP contribution in [0.5, 0.6) is 0 Å². The molecule has 58 heavy (non-hydrogen) atoms. The molecule has 0 saturated carbocycles. The second kappa shape index (κ2) is 16.8. The number of amides is 4. The number of aromatic nitrogens is 4. The lowest BCUT2D eigenvalue weighted by Gasteiger charge is -2.36. The van der Waals surface area contributed by atoms with Gasteiger partial charge in [-0.15, -0.1) is 0 Å². The highest BCUT2D eigenvalue weighted by molar-refractivity contribution is 6.18. The quantitative estimate of drug-likeness (QED) is 0.125. The molecule has 6 heterocycles. The molecule has 2 unspecified atom stereocenters. The highest BCUT2D eigenvalue weighted by Crippen LogP contribution is 2.36. The van der Waals surface area contributed by atoms with E-state index in [1.54, 1.807) is 24.4 Å². The molecule has 3 aliphatic heterocycles. The molecule has 3 aromatic heterocycles. The monoisotopic (exact) mass is 792 g/mol. The number of piperazine rings is 1. The van der Waals surface area contributed by atoms with E-state index in [-0.39, 0.29) is 18.7 Å². The average molecular weight is 793 g/mol. The standard InChI is InChI=1S/C41H45FN10O6/c1-25-46-32-7-6-30(26-11-12-45-35(43)23-26)47-38(32)51(25)27-5-8-33(29(42)24-27)50-16-14-49(15-17-50)18-20-58-22-21-57-19-13-44-31-4-2-3-28-37(31)41(56)52(40(28)55)34-9-10-36(53)48-39(34)54/h2,4-8,11-12,23-24,28,34,44H,3,9-10,13-22H2,1H3,(H2,43,45)(H,48,53,54). The predicted molar refractivity (Wildman–Crippen MR) is 212 cm³/mol. The smallest absolute Gasteiger partial charge is 0.260 e. The highest BCUT2D eigenvalue weighted by Gasteiger charge is 2.50. The Morgan fingerprint density at radius 3 is 2.55 bits per heavy atom. The second-order valence-electron chi connectivity index (χ2n) is 14.6. The Hall–Kier alpha value is -6.04. The zero-order valence-electron chi connectivity index (χ0n) is 32.2. The predicted octanol–water partition coefficient (Wildman–Crippen LogP) is 2.26. The van der Waals surface area contributed by atoms with E-state index >= 15 is 4.39 Å². The van der Waals surface area contributed by atoms with Crippen molar-refractivity contribution in [2.75, 3.05) is 76.3 Å². The van der Waals surface area contributed by atoms with Crippen LogP contribution in [0.4, 0.5) is 15.9 Å². The van der Waals surface area contributed by atoms with Crippen LogP contribution >= 0.6 is 0 Å². The van der Waals surface area contributed by atoms with Crippen LogP contribution in [0.15, 0.2) is 72.1 Å². The maximum Gasteiger partial charge on any atom is 0.260 e. The number of allylic oxidation sites excluding steroid dienone is 2. The summed E-state index contributed by atoms with van der Waals surface area (Å²) in [6.07, 6.45) is 5.84. The molecule has 17 heteroatoms. The van der Waals surface area contributed by atoms with Crippen molar-refractivity contribution in [3.63, 3.8) is 0 Å².